The molecule has 0 aromatic rings. The quantitative estimate of drug-likeness (QED) is 0.445. The van der Waals surface area contributed by atoms with E-state index in [0.29, 0.717) is 5.06 Å². The Labute approximate surface area is 68.5 Å². The zero-order chi connectivity index (χ0) is 9.14. The van der Waals surface area contributed by atoms with Crippen molar-refractivity contribution in [2.24, 2.45) is 0 Å². The number of rotatable bonds is 2. The number of nitro groups is 1. The molecule has 0 atom stereocenters. The molecule has 0 radical (unpaired) electrons. The largest absolute Gasteiger partial charge is 0.756 e. The smallest absolute Gasteiger partial charge is 0.272 e. The molecule has 0 aromatic carbocycles. The van der Waals surface area contributed by atoms with Crippen molar-refractivity contribution < 1.29 is 9.66 Å². The van der Waals surface area contributed by atoms with Crippen LogP contribution in [0.15, 0.2) is 23.7 Å². The number of allylic oxidation sites excluding steroid dienone is 1. The summed E-state index contributed by atoms with van der Waals surface area (Å²) < 4.78 is 4.61. The van der Waals surface area contributed by atoms with E-state index in [-0.39, 0.29) is 18.1 Å². The molecule has 1 heterocycles. The topological polar surface area (TPSA) is 78.7 Å². The van der Waals surface area contributed by atoms with Gasteiger partial charge >= 0.3 is 0 Å². The van der Waals surface area contributed by atoms with Crippen LogP contribution in [0.5, 0.6) is 0 Å². The van der Waals surface area contributed by atoms with E-state index >= 15 is 0 Å². The van der Waals surface area contributed by atoms with Crippen LogP contribution in [0, 0.1) is 15.3 Å². The maximum Gasteiger partial charge on any atom is 0.272 e. The van der Waals surface area contributed by atoms with Crippen molar-refractivity contribution in [2.45, 2.75) is 0 Å². The van der Waals surface area contributed by atoms with Gasteiger partial charge in [-0.15, -0.1) is 0 Å². The first-order chi connectivity index (χ1) is 5.65. The third kappa shape index (κ3) is 1.54. The van der Waals surface area contributed by atoms with Gasteiger partial charge in [-0.05, 0) is 0 Å². The highest BCUT2D eigenvalue weighted by atomic mass is 16.6. The average Bonchev–Trinajstić information content (AvgIpc) is 2.05. The van der Waals surface area contributed by atoms with Crippen LogP contribution in [-0.4, -0.2) is 23.6 Å². The Bertz CT molecular complexity index is 258. The number of nitrogens with zero attached hydrogens (tertiary/aromatic N) is 2. The predicted molar refractivity (Wildman–Crippen MR) is 40.2 cm³/mol. The molecule has 66 valence electrons. The molecular formula is C6H7N2O4-. The zero-order valence-electron chi connectivity index (χ0n) is 6.39. The highest BCUT2D eigenvalue weighted by molar-refractivity contribution is 5.19. The minimum Gasteiger partial charge on any atom is -0.756 e. The third-order valence-corrected chi connectivity index (χ3v) is 1.40. The molecule has 0 aromatic heterocycles. The second-order valence-electron chi connectivity index (χ2n) is 2.13. The van der Waals surface area contributed by atoms with Crippen LogP contribution in [0.25, 0.3) is 0 Å². The molecule has 6 heteroatoms. The summed E-state index contributed by atoms with van der Waals surface area (Å²) in [5.41, 5.74) is -0.112. The van der Waals surface area contributed by atoms with E-state index in [1.165, 1.54) is 13.2 Å². The van der Waals surface area contributed by atoms with Gasteiger partial charge in [0.15, 0.2) is 5.88 Å². The molecule has 0 aliphatic carbocycles. The minimum atomic E-state index is -0.563. The molecule has 0 unspecified atom stereocenters. The maximum atomic E-state index is 10.8. The standard InChI is InChI=1S/C6H7N2O4/c1-12-6-4-5(8(10)11)2-3-7(6)9/h2,4H,3H2,1H3/q-1. The molecule has 1 rings (SSSR count). The van der Waals surface area contributed by atoms with E-state index in [1.807, 2.05) is 0 Å². The molecule has 6 nitrogen and oxygen atoms in total. The van der Waals surface area contributed by atoms with E-state index in [9.17, 15) is 15.3 Å². The molecule has 0 N–H and O–H groups in total. The first kappa shape index (κ1) is 8.54. The third-order valence-electron chi connectivity index (χ3n) is 1.40. The van der Waals surface area contributed by atoms with Gasteiger partial charge in [0.2, 0.25) is 0 Å². The van der Waals surface area contributed by atoms with Gasteiger partial charge in [-0.25, -0.2) is 0 Å². The van der Waals surface area contributed by atoms with Crippen LogP contribution in [0.4, 0.5) is 0 Å². The zero-order valence-corrected chi connectivity index (χ0v) is 6.39. The van der Waals surface area contributed by atoms with Crippen molar-refractivity contribution >= 4 is 0 Å². The van der Waals surface area contributed by atoms with E-state index < -0.39 is 4.92 Å². The van der Waals surface area contributed by atoms with Crippen LogP contribution < -0.4 is 0 Å². The van der Waals surface area contributed by atoms with Gasteiger partial charge in [0.25, 0.3) is 5.70 Å². The number of ether oxygens (including phenoxy) is 1. The van der Waals surface area contributed by atoms with Crippen LogP contribution in [-0.2, 0) is 4.74 Å². The summed E-state index contributed by atoms with van der Waals surface area (Å²) in [6.45, 7) is -0.0456. The molecule has 1 aliphatic rings. The van der Waals surface area contributed by atoms with Crippen molar-refractivity contribution in [3.05, 3.63) is 39.1 Å². The monoisotopic (exact) mass is 171 g/mol. The Balaban J connectivity index is 2.84. The highest BCUT2D eigenvalue weighted by Gasteiger charge is 2.14. The van der Waals surface area contributed by atoms with E-state index in [4.69, 9.17) is 0 Å². The Morgan fingerprint density at radius 3 is 2.92 bits per heavy atom. The van der Waals surface area contributed by atoms with Crippen LogP contribution in [0.3, 0.4) is 0 Å². The summed E-state index contributed by atoms with van der Waals surface area (Å²) in [6.07, 6.45) is 2.33. The Hall–Kier alpha value is -1.56. The van der Waals surface area contributed by atoms with E-state index in [0.717, 1.165) is 6.08 Å². The highest BCUT2D eigenvalue weighted by Crippen LogP contribution is 2.14. The Morgan fingerprint density at radius 1 is 1.75 bits per heavy atom. The molecule has 12 heavy (non-hydrogen) atoms. The van der Waals surface area contributed by atoms with Crippen LogP contribution in [0.1, 0.15) is 0 Å². The molecular weight excluding hydrogens is 164 g/mol. The first-order valence-electron chi connectivity index (χ1n) is 3.20. The van der Waals surface area contributed by atoms with Crippen molar-refractivity contribution in [1.29, 1.82) is 0 Å². The second kappa shape index (κ2) is 3.22. The predicted octanol–water partition coefficient (Wildman–Crippen LogP) is 0.448. The number of hydrogen-bond donors (Lipinski definition) is 0. The lowest BCUT2D eigenvalue weighted by Gasteiger charge is -2.31. The van der Waals surface area contributed by atoms with Crippen molar-refractivity contribution in [2.75, 3.05) is 13.7 Å². The molecule has 0 fully saturated rings. The number of hydroxylamine groups is 2. The summed E-state index contributed by atoms with van der Waals surface area (Å²) in [7, 11) is 1.29. The van der Waals surface area contributed by atoms with Gasteiger partial charge in [-0.1, -0.05) is 0 Å². The van der Waals surface area contributed by atoms with Crippen molar-refractivity contribution in [1.82, 2.24) is 5.06 Å². The molecule has 0 bridgehead atoms. The lowest BCUT2D eigenvalue weighted by atomic mass is 10.3. The molecule has 0 spiro atoms. The van der Waals surface area contributed by atoms with Gasteiger partial charge in [-0.3, -0.25) is 10.1 Å². The second-order valence-corrected chi connectivity index (χ2v) is 2.13. The maximum absolute atomic E-state index is 10.8. The van der Waals surface area contributed by atoms with Crippen molar-refractivity contribution in [3.63, 3.8) is 0 Å². The van der Waals surface area contributed by atoms with E-state index in [2.05, 4.69) is 4.74 Å². The lowest BCUT2D eigenvalue weighted by Crippen LogP contribution is -2.21. The number of methoxy groups -OCH3 is 1. The number of hydrogen-bond acceptors (Lipinski definition) is 5. The SMILES string of the molecule is COC1=CC([N+](=O)[O-])=CCN1[O-]. The van der Waals surface area contributed by atoms with Gasteiger partial charge in [0, 0.05) is 12.6 Å². The molecule has 0 amide bonds. The van der Waals surface area contributed by atoms with Gasteiger partial charge in [0.1, 0.15) is 0 Å². The van der Waals surface area contributed by atoms with Gasteiger partial charge < -0.3 is 15.0 Å². The lowest BCUT2D eigenvalue weighted by molar-refractivity contribution is -0.420. The summed E-state index contributed by atoms with van der Waals surface area (Å²) in [5, 5.41) is 21.6. The Kier molecular flexibility index (Phi) is 2.29. The van der Waals surface area contributed by atoms with Crippen LogP contribution >= 0.6 is 0 Å². The summed E-state index contributed by atoms with van der Waals surface area (Å²) in [6, 6.07) is 0. The molecule has 1 aliphatic heterocycles. The summed E-state index contributed by atoms with van der Waals surface area (Å²) >= 11 is 0. The molecule has 0 saturated heterocycles. The fourth-order valence-corrected chi connectivity index (χ4v) is 0.812. The van der Waals surface area contributed by atoms with E-state index in [1.54, 1.807) is 0 Å². The first-order valence-corrected chi connectivity index (χ1v) is 3.20. The summed E-state index contributed by atoms with van der Waals surface area (Å²) in [5.74, 6) is -0.0378. The fourth-order valence-electron chi connectivity index (χ4n) is 0.812. The minimum absolute atomic E-state index is 0.0378. The van der Waals surface area contributed by atoms with Crippen molar-refractivity contribution in [3.8, 4) is 0 Å². The summed E-state index contributed by atoms with van der Waals surface area (Å²) in [4.78, 5) is 9.68. The fraction of sp³-hybridized carbons (Fsp3) is 0.333. The van der Waals surface area contributed by atoms with Gasteiger partial charge in [-0.2, -0.15) is 0 Å². The normalized spacial score (nSPS) is 16.7. The average molecular weight is 171 g/mol. The Morgan fingerprint density at radius 2 is 2.42 bits per heavy atom. The molecule has 0 saturated carbocycles. The van der Waals surface area contributed by atoms with Crippen LogP contribution in [0.2, 0.25) is 0 Å². The van der Waals surface area contributed by atoms with Gasteiger partial charge in [0.05, 0.1) is 18.1 Å².